The zero-order chi connectivity index (χ0) is 18.2. The van der Waals surface area contributed by atoms with Gasteiger partial charge in [-0.1, -0.05) is 6.92 Å². The van der Waals surface area contributed by atoms with Crippen molar-refractivity contribution in [2.75, 3.05) is 37.5 Å². The van der Waals surface area contributed by atoms with E-state index in [1.165, 1.54) is 11.4 Å². The lowest BCUT2D eigenvalue weighted by atomic mass is 9.98. The highest BCUT2D eigenvalue weighted by molar-refractivity contribution is 7.98. The largest absolute Gasteiger partial charge is 0.378 e. The van der Waals surface area contributed by atoms with Crippen LogP contribution in [0.3, 0.4) is 0 Å². The van der Waals surface area contributed by atoms with Crippen LogP contribution in [0.4, 0.5) is 5.69 Å². The van der Waals surface area contributed by atoms with Crippen molar-refractivity contribution in [3.8, 4) is 0 Å². The maximum Gasteiger partial charge on any atom is 0.128 e. The van der Waals surface area contributed by atoms with Gasteiger partial charge in [0, 0.05) is 42.5 Å². The molecule has 0 bridgehead atoms. The molecule has 3 heterocycles. The summed E-state index contributed by atoms with van der Waals surface area (Å²) in [7, 11) is 0. The summed E-state index contributed by atoms with van der Waals surface area (Å²) in [6.45, 7) is 5.83. The molecule has 1 unspecified atom stereocenters. The Bertz CT molecular complexity index is 657. The lowest BCUT2D eigenvalue weighted by Gasteiger charge is -2.28. The van der Waals surface area contributed by atoms with Crippen molar-refractivity contribution in [1.82, 2.24) is 15.0 Å². The fraction of sp³-hybridized carbons (Fsp3) is 0.550. The Balaban J connectivity index is 1.41. The average Bonchev–Trinajstić information content (AvgIpc) is 2.72. The van der Waals surface area contributed by atoms with Crippen LogP contribution in [-0.4, -0.2) is 47.5 Å². The van der Waals surface area contributed by atoms with E-state index in [1.807, 2.05) is 24.8 Å². The Morgan fingerprint density at radius 1 is 1.04 bits per heavy atom. The molecule has 0 amide bonds. The van der Waals surface area contributed by atoms with Crippen molar-refractivity contribution in [3.63, 3.8) is 0 Å². The van der Waals surface area contributed by atoms with Gasteiger partial charge in [0.05, 0.1) is 25.1 Å². The molecular weight excluding hydrogens is 344 g/mol. The van der Waals surface area contributed by atoms with Crippen molar-refractivity contribution in [3.05, 3.63) is 42.2 Å². The van der Waals surface area contributed by atoms with Gasteiger partial charge in [0.25, 0.3) is 0 Å². The van der Waals surface area contributed by atoms with E-state index in [-0.39, 0.29) is 0 Å². The molecule has 0 aliphatic carbocycles. The SMILES string of the molecule is CSc1cnc(CCC(C)CCc2ccc(N3CCOCC3)cn2)nc1. The van der Waals surface area contributed by atoms with E-state index in [0.717, 1.165) is 62.7 Å². The molecule has 0 radical (unpaired) electrons. The van der Waals surface area contributed by atoms with E-state index < -0.39 is 0 Å². The summed E-state index contributed by atoms with van der Waals surface area (Å²) in [6.07, 6.45) is 12.1. The van der Waals surface area contributed by atoms with E-state index in [9.17, 15) is 0 Å². The number of hydrogen-bond acceptors (Lipinski definition) is 6. The number of rotatable bonds is 8. The van der Waals surface area contributed by atoms with Gasteiger partial charge in [-0.15, -0.1) is 11.8 Å². The highest BCUT2D eigenvalue weighted by atomic mass is 32.2. The van der Waals surface area contributed by atoms with Gasteiger partial charge in [-0.25, -0.2) is 9.97 Å². The number of aryl methyl sites for hydroxylation is 2. The number of pyridine rings is 1. The molecule has 1 aliphatic rings. The molecule has 0 saturated carbocycles. The maximum absolute atomic E-state index is 5.40. The third-order valence-corrected chi connectivity index (χ3v) is 5.54. The van der Waals surface area contributed by atoms with Crippen LogP contribution in [0.5, 0.6) is 0 Å². The highest BCUT2D eigenvalue weighted by Gasteiger charge is 2.11. The first kappa shape index (κ1) is 19.1. The molecule has 2 aromatic rings. The minimum atomic E-state index is 0.638. The number of anilines is 1. The smallest absolute Gasteiger partial charge is 0.128 e. The minimum absolute atomic E-state index is 0.638. The van der Waals surface area contributed by atoms with Gasteiger partial charge < -0.3 is 9.64 Å². The Morgan fingerprint density at radius 3 is 2.42 bits per heavy atom. The zero-order valence-corrected chi connectivity index (χ0v) is 16.5. The predicted octanol–water partition coefficient (Wildman–Crippen LogP) is 3.63. The molecule has 1 atom stereocenters. The Kier molecular flexibility index (Phi) is 7.26. The fourth-order valence-corrected chi connectivity index (χ4v) is 3.38. The molecule has 1 fully saturated rings. The van der Waals surface area contributed by atoms with E-state index in [1.54, 1.807) is 11.8 Å². The van der Waals surface area contributed by atoms with E-state index in [2.05, 4.69) is 38.9 Å². The van der Waals surface area contributed by atoms with E-state index in [4.69, 9.17) is 4.74 Å². The molecule has 1 aliphatic heterocycles. The summed E-state index contributed by atoms with van der Waals surface area (Å²) in [5.41, 5.74) is 2.38. The third-order valence-electron chi connectivity index (χ3n) is 4.86. The number of morpholine rings is 1. The predicted molar refractivity (Wildman–Crippen MR) is 107 cm³/mol. The summed E-state index contributed by atoms with van der Waals surface area (Å²) >= 11 is 1.68. The number of nitrogens with zero attached hydrogens (tertiary/aromatic N) is 4. The van der Waals surface area contributed by atoms with Crippen LogP contribution in [0.1, 0.15) is 31.3 Å². The number of hydrogen-bond donors (Lipinski definition) is 0. The van der Waals surface area contributed by atoms with Crippen molar-refractivity contribution in [2.45, 2.75) is 37.5 Å². The van der Waals surface area contributed by atoms with Crippen LogP contribution in [0.15, 0.2) is 35.6 Å². The molecule has 0 spiro atoms. The first-order chi connectivity index (χ1) is 12.7. The molecular formula is C20H28N4OS. The number of thioether (sulfide) groups is 1. The summed E-state index contributed by atoms with van der Waals surface area (Å²) in [6, 6.07) is 4.36. The first-order valence-corrected chi connectivity index (χ1v) is 10.6. The van der Waals surface area contributed by atoms with Crippen LogP contribution in [0.25, 0.3) is 0 Å². The molecule has 3 rings (SSSR count). The highest BCUT2D eigenvalue weighted by Crippen LogP contribution is 2.18. The van der Waals surface area contributed by atoms with Crippen LogP contribution in [0, 0.1) is 5.92 Å². The van der Waals surface area contributed by atoms with Crippen molar-refractivity contribution >= 4 is 17.4 Å². The summed E-state index contributed by atoms with van der Waals surface area (Å²) in [5, 5.41) is 0. The van der Waals surface area contributed by atoms with Gasteiger partial charge in [-0.3, -0.25) is 4.98 Å². The quantitative estimate of drug-likeness (QED) is 0.660. The Morgan fingerprint density at radius 2 is 1.77 bits per heavy atom. The standard InChI is InChI=1S/C20H28N4OS/c1-16(4-8-20-22-14-19(26-2)15-23-20)3-5-17-6-7-18(13-21-17)24-9-11-25-12-10-24/h6-7,13-16H,3-5,8-12H2,1-2H3. The van der Waals surface area contributed by atoms with E-state index >= 15 is 0 Å². The van der Waals surface area contributed by atoms with Gasteiger partial charge in [0.1, 0.15) is 5.82 Å². The lowest BCUT2D eigenvalue weighted by molar-refractivity contribution is 0.122. The number of aromatic nitrogens is 3. The zero-order valence-electron chi connectivity index (χ0n) is 15.7. The van der Waals surface area contributed by atoms with E-state index in [0.29, 0.717) is 5.92 Å². The minimum Gasteiger partial charge on any atom is -0.378 e. The summed E-state index contributed by atoms with van der Waals surface area (Å²) < 4.78 is 5.40. The average molecular weight is 373 g/mol. The second kappa shape index (κ2) is 9.88. The van der Waals surface area contributed by atoms with Gasteiger partial charge in [0.2, 0.25) is 0 Å². The second-order valence-corrected chi connectivity index (χ2v) is 7.71. The normalized spacial score (nSPS) is 15.8. The number of ether oxygens (including phenoxy) is 1. The van der Waals surface area contributed by atoms with Crippen molar-refractivity contribution < 1.29 is 4.74 Å². The monoisotopic (exact) mass is 372 g/mol. The van der Waals surface area contributed by atoms with Crippen LogP contribution in [0.2, 0.25) is 0 Å². The molecule has 26 heavy (non-hydrogen) atoms. The molecule has 6 heteroatoms. The van der Waals surface area contributed by atoms with Gasteiger partial charge in [0.15, 0.2) is 0 Å². The Hall–Kier alpha value is -1.66. The summed E-state index contributed by atoms with van der Waals surface area (Å²) in [5.74, 6) is 1.59. The molecule has 5 nitrogen and oxygen atoms in total. The molecule has 0 aromatic carbocycles. The summed E-state index contributed by atoms with van der Waals surface area (Å²) in [4.78, 5) is 17.0. The van der Waals surface area contributed by atoms with Gasteiger partial charge in [-0.05, 0) is 43.6 Å². The van der Waals surface area contributed by atoms with Gasteiger partial charge in [-0.2, -0.15) is 0 Å². The second-order valence-electron chi connectivity index (χ2n) is 6.83. The topological polar surface area (TPSA) is 51.1 Å². The molecule has 0 N–H and O–H groups in total. The fourth-order valence-electron chi connectivity index (χ4n) is 3.06. The van der Waals surface area contributed by atoms with Crippen molar-refractivity contribution in [1.29, 1.82) is 0 Å². The molecule has 1 saturated heterocycles. The molecule has 2 aromatic heterocycles. The maximum atomic E-state index is 5.40. The Labute approximate surface area is 160 Å². The van der Waals surface area contributed by atoms with Crippen LogP contribution in [-0.2, 0) is 17.6 Å². The van der Waals surface area contributed by atoms with Crippen LogP contribution >= 0.6 is 11.8 Å². The molecule has 140 valence electrons. The van der Waals surface area contributed by atoms with Crippen molar-refractivity contribution in [2.24, 2.45) is 5.92 Å². The van der Waals surface area contributed by atoms with Gasteiger partial charge >= 0.3 is 0 Å². The van der Waals surface area contributed by atoms with Crippen LogP contribution < -0.4 is 4.90 Å². The first-order valence-electron chi connectivity index (χ1n) is 9.37. The third kappa shape index (κ3) is 5.68. The lowest BCUT2D eigenvalue weighted by Crippen LogP contribution is -2.36.